The highest BCUT2D eigenvalue weighted by Crippen LogP contribution is 2.53. The Morgan fingerprint density at radius 2 is 0.710 bits per heavy atom. The lowest BCUT2D eigenvalue weighted by molar-refractivity contribution is 0.477. The van der Waals surface area contributed by atoms with Gasteiger partial charge in [-0.3, -0.25) is 0 Å². The van der Waals surface area contributed by atoms with Gasteiger partial charge in [-0.15, -0.1) is 0 Å². The van der Waals surface area contributed by atoms with Crippen molar-refractivity contribution in [3.8, 4) is 40.4 Å². The molecule has 4 heterocycles. The number of hydrogen-bond acceptors (Lipinski definition) is 5. The molecule has 0 aliphatic carbocycles. The van der Waals surface area contributed by atoms with Crippen molar-refractivity contribution >= 4 is 77.7 Å². The minimum Gasteiger partial charge on any atom is -0.453 e. The molecule has 0 atom stereocenters. The van der Waals surface area contributed by atoms with Crippen molar-refractivity contribution in [3.05, 3.63) is 206 Å². The third-order valence-electron chi connectivity index (χ3n) is 12.3. The van der Waals surface area contributed by atoms with Crippen LogP contribution in [0.15, 0.2) is 200 Å². The lowest BCUT2D eigenvalue weighted by atomic mass is 10.1. The molecule has 2 aromatic heterocycles. The maximum absolute atomic E-state index is 10.4. The van der Waals surface area contributed by atoms with Crippen LogP contribution in [-0.4, -0.2) is 9.13 Å². The number of aromatic nitrogens is 2. The summed E-state index contributed by atoms with van der Waals surface area (Å²) in [5.74, 6) is 3.25. The predicted octanol–water partition coefficient (Wildman–Crippen LogP) is 14.9. The number of hydrogen-bond donors (Lipinski definition) is 0. The maximum atomic E-state index is 10.4. The highest BCUT2D eigenvalue weighted by Gasteiger charge is 2.29. The number of nitrogens with zero attached hydrogens (tertiary/aromatic N) is 5. The summed E-state index contributed by atoms with van der Waals surface area (Å²) < 4.78 is 17.4. The molecule has 0 saturated carbocycles. The van der Waals surface area contributed by atoms with Gasteiger partial charge in [-0.25, -0.2) is 0 Å². The molecule has 0 bridgehead atoms. The van der Waals surface area contributed by atoms with E-state index in [1.165, 1.54) is 0 Å². The van der Waals surface area contributed by atoms with Crippen molar-refractivity contribution in [1.82, 2.24) is 9.13 Å². The Labute approximate surface area is 356 Å². The highest BCUT2D eigenvalue weighted by atomic mass is 16.5. The minimum atomic E-state index is 0.584. The van der Waals surface area contributed by atoms with Crippen molar-refractivity contribution in [1.29, 1.82) is 5.26 Å². The van der Waals surface area contributed by atoms with E-state index in [0.29, 0.717) is 5.56 Å². The first-order valence-corrected chi connectivity index (χ1v) is 20.7. The van der Waals surface area contributed by atoms with Gasteiger partial charge in [0.1, 0.15) is 0 Å². The second-order valence-electron chi connectivity index (χ2n) is 15.7. The van der Waals surface area contributed by atoms with Gasteiger partial charge in [0.25, 0.3) is 0 Å². The molecule has 0 radical (unpaired) electrons. The molecule has 0 spiro atoms. The summed E-state index contributed by atoms with van der Waals surface area (Å²) in [5, 5.41) is 14.9. The molecule has 0 fully saturated rings. The van der Waals surface area contributed by atoms with Crippen LogP contribution in [0.1, 0.15) is 5.56 Å². The normalized spacial score (nSPS) is 12.7. The second kappa shape index (κ2) is 13.1. The van der Waals surface area contributed by atoms with Crippen molar-refractivity contribution in [3.63, 3.8) is 0 Å². The molecular weight excluding hydrogens is 763 g/mol. The van der Waals surface area contributed by atoms with E-state index in [1.807, 2.05) is 72.8 Å². The van der Waals surface area contributed by atoms with Gasteiger partial charge >= 0.3 is 0 Å². The van der Waals surface area contributed by atoms with E-state index < -0.39 is 0 Å². The Kier molecular flexibility index (Phi) is 7.24. The number of anilines is 6. The summed E-state index contributed by atoms with van der Waals surface area (Å²) in [6.07, 6.45) is 0. The van der Waals surface area contributed by atoms with Crippen LogP contribution in [0.5, 0.6) is 23.0 Å². The maximum Gasteiger partial charge on any atom is 0.151 e. The largest absolute Gasteiger partial charge is 0.453 e. The van der Waals surface area contributed by atoms with E-state index >= 15 is 0 Å². The third-order valence-corrected chi connectivity index (χ3v) is 12.3. The quantitative estimate of drug-likeness (QED) is 0.178. The Hall–Kier alpha value is -8.73. The molecule has 7 nitrogen and oxygen atoms in total. The SMILES string of the molecule is N#Cc1ccc(-n2c3ccccc3c3cc(N4c5ccccc5Oc5ccccc54)ccc32)c(-n2c3ccccc3c3cc(N4c5ccccc5Oc5ccccc54)ccc32)c1. The van der Waals surface area contributed by atoms with Crippen molar-refractivity contribution in [2.75, 3.05) is 9.80 Å². The summed E-state index contributed by atoms with van der Waals surface area (Å²) in [4.78, 5) is 4.56. The van der Waals surface area contributed by atoms with Gasteiger partial charge in [-0.1, -0.05) is 84.9 Å². The van der Waals surface area contributed by atoms with Crippen LogP contribution >= 0.6 is 0 Å². The monoisotopic (exact) mass is 795 g/mol. The van der Waals surface area contributed by atoms with E-state index in [0.717, 1.165) is 112 Å². The molecule has 9 aromatic carbocycles. The summed E-state index contributed by atoms with van der Waals surface area (Å²) in [7, 11) is 0. The summed E-state index contributed by atoms with van der Waals surface area (Å²) in [6.45, 7) is 0. The molecule has 0 saturated heterocycles. The van der Waals surface area contributed by atoms with Crippen LogP contribution in [-0.2, 0) is 0 Å². The third kappa shape index (κ3) is 4.92. The summed E-state index contributed by atoms with van der Waals surface area (Å²) in [6, 6.07) is 71.8. The van der Waals surface area contributed by atoms with Gasteiger partial charge < -0.3 is 28.4 Å². The molecule has 0 amide bonds. The van der Waals surface area contributed by atoms with E-state index in [2.05, 4.69) is 152 Å². The molecule has 2 aliphatic heterocycles. The number of fused-ring (bicyclic) bond motifs is 10. The number of benzene rings is 9. The fraction of sp³-hybridized carbons (Fsp3) is 0. The lowest BCUT2D eigenvalue weighted by Crippen LogP contribution is -2.15. The van der Waals surface area contributed by atoms with Crippen LogP contribution in [0.2, 0.25) is 0 Å². The lowest BCUT2D eigenvalue weighted by Gasteiger charge is -2.32. The zero-order valence-electron chi connectivity index (χ0n) is 33.1. The molecule has 62 heavy (non-hydrogen) atoms. The molecule has 2 aliphatic rings. The number of nitriles is 1. The standard InChI is InChI=1S/C55H33N5O2/c56-34-35-25-28-46(59-42-15-3-1-13-38(42)40-32-36(26-29-44(40)59)57-47-17-5-9-21-52(47)61-53-22-10-6-18-48(53)57)51(31-35)60-43-16-4-2-14-39(43)41-33-37(27-30-45(41)60)58-49-19-7-11-23-54(49)62-55-24-12-8-20-50(55)58/h1-33H. The molecule has 11 aromatic rings. The number of ether oxygens (including phenoxy) is 2. The summed E-state index contributed by atoms with van der Waals surface area (Å²) in [5.41, 5.74) is 12.7. The van der Waals surface area contributed by atoms with Gasteiger partial charge in [0, 0.05) is 32.9 Å². The van der Waals surface area contributed by atoms with E-state index in [9.17, 15) is 5.26 Å². The van der Waals surface area contributed by atoms with Crippen molar-refractivity contribution < 1.29 is 9.47 Å². The molecular formula is C55H33N5O2. The zero-order chi connectivity index (χ0) is 40.9. The van der Waals surface area contributed by atoms with Gasteiger partial charge in [-0.05, 0) is 115 Å². The molecule has 290 valence electrons. The first-order valence-electron chi connectivity index (χ1n) is 20.7. The Morgan fingerprint density at radius 3 is 1.16 bits per heavy atom. The number of para-hydroxylation sites is 10. The minimum absolute atomic E-state index is 0.584. The molecule has 0 unspecified atom stereocenters. The van der Waals surface area contributed by atoms with Crippen molar-refractivity contribution in [2.24, 2.45) is 0 Å². The van der Waals surface area contributed by atoms with Crippen LogP contribution in [0.25, 0.3) is 55.0 Å². The fourth-order valence-corrected chi connectivity index (χ4v) is 9.65. The Balaban J connectivity index is 1.03. The van der Waals surface area contributed by atoms with Crippen LogP contribution in [0.4, 0.5) is 34.1 Å². The van der Waals surface area contributed by atoms with Crippen LogP contribution < -0.4 is 19.3 Å². The van der Waals surface area contributed by atoms with Gasteiger partial charge in [0.05, 0.1) is 67.8 Å². The van der Waals surface area contributed by atoms with E-state index in [1.54, 1.807) is 0 Å². The van der Waals surface area contributed by atoms with Gasteiger partial charge in [-0.2, -0.15) is 5.26 Å². The molecule has 13 rings (SSSR count). The van der Waals surface area contributed by atoms with E-state index in [4.69, 9.17) is 9.47 Å². The molecule has 7 heteroatoms. The fourth-order valence-electron chi connectivity index (χ4n) is 9.65. The summed E-state index contributed by atoms with van der Waals surface area (Å²) >= 11 is 0. The zero-order valence-corrected chi connectivity index (χ0v) is 33.1. The predicted molar refractivity (Wildman–Crippen MR) is 249 cm³/mol. The average molecular weight is 796 g/mol. The second-order valence-corrected chi connectivity index (χ2v) is 15.7. The average Bonchev–Trinajstić information content (AvgIpc) is 3.84. The highest BCUT2D eigenvalue weighted by molar-refractivity contribution is 6.13. The first kappa shape index (κ1) is 34.2. The smallest absolute Gasteiger partial charge is 0.151 e. The molecule has 0 N–H and O–H groups in total. The van der Waals surface area contributed by atoms with Gasteiger partial charge in [0.2, 0.25) is 0 Å². The Bertz CT molecular complexity index is 3610. The first-order chi connectivity index (χ1) is 30.7. The number of rotatable bonds is 4. The van der Waals surface area contributed by atoms with E-state index in [-0.39, 0.29) is 0 Å². The van der Waals surface area contributed by atoms with Crippen LogP contribution in [0.3, 0.4) is 0 Å². The Morgan fingerprint density at radius 1 is 0.323 bits per heavy atom. The van der Waals surface area contributed by atoms with Gasteiger partial charge in [0.15, 0.2) is 23.0 Å². The topological polar surface area (TPSA) is 58.6 Å². The van der Waals surface area contributed by atoms with Crippen molar-refractivity contribution in [2.45, 2.75) is 0 Å². The van der Waals surface area contributed by atoms with Crippen LogP contribution in [0, 0.1) is 11.3 Å².